The molecule has 0 spiro atoms. The van der Waals surface area contributed by atoms with Crippen LogP contribution < -0.4 is 15.2 Å². The number of carboxylic acids is 1. The molecule has 7 heteroatoms. The smallest absolute Gasteiger partial charge is 0.265 e. The lowest BCUT2D eigenvalue weighted by Crippen LogP contribution is -2.32. The number of carbonyl (C=O) groups excluding carboxylic acids is 2. The first kappa shape index (κ1) is 17.1. The average Bonchev–Trinajstić information content (AvgIpc) is 2.50. The second-order valence-corrected chi connectivity index (χ2v) is 5.50. The maximum absolute atomic E-state index is 12.2. The minimum Gasteiger partial charge on any atom is -0.545 e. The van der Waals surface area contributed by atoms with Crippen molar-refractivity contribution in [1.82, 2.24) is 0 Å². The average molecular weight is 353 g/mol. The molecule has 0 bridgehead atoms. The zero-order valence-corrected chi connectivity index (χ0v) is 13.5. The van der Waals surface area contributed by atoms with Gasteiger partial charge in [0.25, 0.3) is 5.91 Å². The van der Waals surface area contributed by atoms with Gasteiger partial charge in [-0.3, -0.25) is 4.79 Å². The summed E-state index contributed by atoms with van der Waals surface area (Å²) >= 11 is 11.8. The fourth-order valence-electron chi connectivity index (χ4n) is 1.82. The summed E-state index contributed by atoms with van der Waals surface area (Å²) in [5.74, 6) is -1.60. The van der Waals surface area contributed by atoms with E-state index in [1.54, 1.807) is 18.2 Å². The summed E-state index contributed by atoms with van der Waals surface area (Å²) in [6.45, 7) is 1.52. The number of anilines is 1. The van der Waals surface area contributed by atoms with E-state index in [-0.39, 0.29) is 16.3 Å². The molecule has 0 aliphatic rings. The van der Waals surface area contributed by atoms with E-state index in [9.17, 15) is 14.7 Å². The van der Waals surface area contributed by atoms with Crippen LogP contribution in [-0.4, -0.2) is 18.0 Å². The van der Waals surface area contributed by atoms with Crippen molar-refractivity contribution < 1.29 is 19.4 Å². The Balaban J connectivity index is 2.10. The van der Waals surface area contributed by atoms with Crippen LogP contribution in [0.25, 0.3) is 0 Å². The minimum absolute atomic E-state index is 0.113. The van der Waals surface area contributed by atoms with Gasteiger partial charge in [0.1, 0.15) is 5.75 Å². The third-order valence-electron chi connectivity index (χ3n) is 2.97. The van der Waals surface area contributed by atoms with E-state index >= 15 is 0 Å². The van der Waals surface area contributed by atoms with Gasteiger partial charge in [-0.2, -0.15) is 0 Å². The molecule has 2 rings (SSSR count). The molecule has 120 valence electrons. The first-order valence-electron chi connectivity index (χ1n) is 6.61. The van der Waals surface area contributed by atoms with Gasteiger partial charge >= 0.3 is 0 Å². The Bertz CT molecular complexity index is 749. The zero-order chi connectivity index (χ0) is 17.0. The standard InChI is InChI=1S/C16H13Cl2NO4/c1-9(23-14-7-6-10(17)8-12(14)18)15(20)19-13-5-3-2-4-11(13)16(21)22/h2-9H,1H3,(H,19,20)(H,21,22)/p-1/t9-/m1/s1. The van der Waals surface area contributed by atoms with Crippen LogP contribution >= 0.6 is 23.2 Å². The fraction of sp³-hybridized carbons (Fsp3) is 0.125. The molecule has 23 heavy (non-hydrogen) atoms. The normalized spacial score (nSPS) is 11.6. The molecular formula is C16H12Cl2NO4-. The molecule has 5 nitrogen and oxygen atoms in total. The highest BCUT2D eigenvalue weighted by Gasteiger charge is 2.17. The van der Waals surface area contributed by atoms with Crippen molar-refractivity contribution in [2.24, 2.45) is 0 Å². The molecule has 2 aromatic rings. The zero-order valence-electron chi connectivity index (χ0n) is 12.0. The van der Waals surface area contributed by atoms with E-state index in [0.29, 0.717) is 10.8 Å². The highest BCUT2D eigenvalue weighted by Crippen LogP contribution is 2.28. The Hall–Kier alpha value is -2.24. The van der Waals surface area contributed by atoms with Crippen molar-refractivity contribution >= 4 is 40.8 Å². The van der Waals surface area contributed by atoms with Gasteiger partial charge < -0.3 is 20.0 Å². The Morgan fingerprint density at radius 3 is 2.52 bits per heavy atom. The molecule has 0 heterocycles. The Morgan fingerprint density at radius 2 is 1.87 bits per heavy atom. The van der Waals surface area contributed by atoms with E-state index in [1.807, 2.05) is 0 Å². The Labute approximate surface area is 142 Å². The second-order valence-electron chi connectivity index (χ2n) is 4.66. The third kappa shape index (κ3) is 4.37. The van der Waals surface area contributed by atoms with Crippen LogP contribution in [0.1, 0.15) is 17.3 Å². The molecule has 2 aromatic carbocycles. The van der Waals surface area contributed by atoms with Crippen molar-refractivity contribution in [3.8, 4) is 5.75 Å². The molecule has 0 aromatic heterocycles. The SMILES string of the molecule is C[C@@H](Oc1ccc(Cl)cc1Cl)C(=O)Nc1ccccc1C(=O)[O-]. The molecule has 0 fully saturated rings. The number of amides is 1. The molecule has 1 atom stereocenters. The topological polar surface area (TPSA) is 78.5 Å². The van der Waals surface area contributed by atoms with E-state index in [0.717, 1.165) is 0 Å². The van der Waals surface area contributed by atoms with Crippen molar-refractivity contribution in [3.63, 3.8) is 0 Å². The summed E-state index contributed by atoms with van der Waals surface area (Å²) in [5, 5.41) is 14.2. The summed E-state index contributed by atoms with van der Waals surface area (Å²) in [6, 6.07) is 10.6. The number of halogens is 2. The van der Waals surface area contributed by atoms with E-state index in [2.05, 4.69) is 5.32 Å². The van der Waals surface area contributed by atoms with Gasteiger partial charge in [0.05, 0.1) is 11.0 Å². The number of benzene rings is 2. The van der Waals surface area contributed by atoms with Crippen molar-refractivity contribution in [2.75, 3.05) is 5.32 Å². The number of para-hydroxylation sites is 1. The van der Waals surface area contributed by atoms with E-state index in [1.165, 1.54) is 31.2 Å². The predicted octanol–water partition coefficient (Wildman–Crippen LogP) is 2.76. The van der Waals surface area contributed by atoms with Gasteiger partial charge in [-0.15, -0.1) is 0 Å². The van der Waals surface area contributed by atoms with Crippen LogP contribution in [0, 0.1) is 0 Å². The van der Waals surface area contributed by atoms with Crippen LogP contribution in [0.2, 0.25) is 10.0 Å². The molecule has 0 radical (unpaired) electrons. The molecule has 1 N–H and O–H groups in total. The minimum atomic E-state index is -1.38. The number of rotatable bonds is 5. The molecule has 0 aliphatic carbocycles. The van der Waals surface area contributed by atoms with Crippen molar-refractivity contribution in [2.45, 2.75) is 13.0 Å². The summed E-state index contributed by atoms with van der Waals surface area (Å²) in [6.07, 6.45) is -0.900. The van der Waals surface area contributed by atoms with Crippen LogP contribution in [0.15, 0.2) is 42.5 Å². The largest absolute Gasteiger partial charge is 0.545 e. The second kappa shape index (κ2) is 7.35. The maximum Gasteiger partial charge on any atom is 0.265 e. The summed E-state index contributed by atoms with van der Waals surface area (Å²) in [4.78, 5) is 23.2. The summed E-state index contributed by atoms with van der Waals surface area (Å²) < 4.78 is 5.47. The highest BCUT2D eigenvalue weighted by atomic mass is 35.5. The number of aromatic carboxylic acids is 1. The van der Waals surface area contributed by atoms with Crippen LogP contribution in [-0.2, 0) is 4.79 Å². The molecule has 0 saturated heterocycles. The Kier molecular flexibility index (Phi) is 5.47. The van der Waals surface area contributed by atoms with Gasteiger partial charge in [-0.1, -0.05) is 41.4 Å². The fourth-order valence-corrected chi connectivity index (χ4v) is 2.27. The monoisotopic (exact) mass is 352 g/mol. The highest BCUT2D eigenvalue weighted by molar-refractivity contribution is 6.35. The van der Waals surface area contributed by atoms with Crippen LogP contribution in [0.4, 0.5) is 5.69 Å². The van der Waals surface area contributed by atoms with Gasteiger partial charge in [-0.25, -0.2) is 0 Å². The van der Waals surface area contributed by atoms with Gasteiger partial charge in [0.2, 0.25) is 0 Å². The first-order chi connectivity index (χ1) is 10.9. The molecule has 0 aliphatic heterocycles. The van der Waals surface area contributed by atoms with Gasteiger partial charge in [0.15, 0.2) is 6.10 Å². The van der Waals surface area contributed by atoms with Crippen molar-refractivity contribution in [3.05, 3.63) is 58.1 Å². The third-order valence-corrected chi connectivity index (χ3v) is 3.50. The first-order valence-corrected chi connectivity index (χ1v) is 7.37. The predicted molar refractivity (Wildman–Crippen MR) is 86.0 cm³/mol. The molecule has 0 saturated carbocycles. The van der Waals surface area contributed by atoms with E-state index < -0.39 is 18.0 Å². The quantitative estimate of drug-likeness (QED) is 0.897. The van der Waals surface area contributed by atoms with E-state index in [4.69, 9.17) is 27.9 Å². The summed E-state index contributed by atoms with van der Waals surface area (Å²) in [5.41, 5.74) is 0.0210. The van der Waals surface area contributed by atoms with Crippen LogP contribution in [0.5, 0.6) is 5.75 Å². The lowest BCUT2D eigenvalue weighted by atomic mass is 10.1. The maximum atomic E-state index is 12.2. The lowest BCUT2D eigenvalue weighted by molar-refractivity contribution is -0.254. The number of hydrogen-bond donors (Lipinski definition) is 1. The number of carbonyl (C=O) groups is 2. The van der Waals surface area contributed by atoms with Gasteiger partial charge in [-0.05, 0) is 31.2 Å². The number of hydrogen-bond acceptors (Lipinski definition) is 4. The molecular weight excluding hydrogens is 341 g/mol. The van der Waals surface area contributed by atoms with Crippen molar-refractivity contribution in [1.29, 1.82) is 0 Å². The number of nitrogens with one attached hydrogen (secondary N) is 1. The molecule has 0 unspecified atom stereocenters. The molecule has 1 amide bonds. The van der Waals surface area contributed by atoms with Crippen LogP contribution in [0.3, 0.4) is 0 Å². The Morgan fingerprint density at radius 1 is 1.17 bits per heavy atom. The van der Waals surface area contributed by atoms with Gasteiger partial charge in [0, 0.05) is 16.3 Å². The number of carboxylic acid groups (broad SMARTS) is 1. The number of ether oxygens (including phenoxy) is 1. The lowest BCUT2D eigenvalue weighted by Gasteiger charge is -2.17. The summed E-state index contributed by atoms with van der Waals surface area (Å²) in [7, 11) is 0.